The largest absolute Gasteiger partial charge is 0.337 e. The number of hydrogen-bond acceptors (Lipinski definition) is 7. The van der Waals surface area contributed by atoms with Gasteiger partial charge in [-0.3, -0.25) is 14.7 Å². The van der Waals surface area contributed by atoms with Gasteiger partial charge in [-0.15, -0.1) is 0 Å². The topological polar surface area (TPSA) is 116 Å². The Morgan fingerprint density at radius 3 is 2.59 bits per heavy atom. The van der Waals surface area contributed by atoms with Crippen LogP contribution in [0.2, 0.25) is 5.02 Å². The average Bonchev–Trinajstić information content (AvgIpc) is 3.13. The van der Waals surface area contributed by atoms with Gasteiger partial charge in [-0.1, -0.05) is 23.7 Å². The quantitative estimate of drug-likeness (QED) is 0.550. The fourth-order valence-corrected chi connectivity index (χ4v) is 3.12. The van der Waals surface area contributed by atoms with E-state index < -0.39 is 10.0 Å². The molecular weight excluding hydrogens is 390 g/mol. The Hall–Kier alpha value is -2.85. The summed E-state index contributed by atoms with van der Waals surface area (Å²) in [6.45, 7) is 2.56. The molecule has 2 aromatic heterocycles. The number of aromatic amines is 1. The third-order valence-electron chi connectivity index (χ3n) is 3.54. The standard InChI is InChI=1S/C16H18ClN7O2S/c1-3-24(14-8-9-19-22-14)16-18-10-11(17)15(21-16)20-12-6-4-5-7-13(12)23-27(2,25)26/h4-10,23H,3H2,1-2H3,(H,19,22)(H,18,20,21). The third-order valence-corrected chi connectivity index (χ3v) is 4.41. The van der Waals surface area contributed by atoms with Gasteiger partial charge in [0.25, 0.3) is 0 Å². The van der Waals surface area contributed by atoms with Gasteiger partial charge in [-0.25, -0.2) is 13.4 Å². The maximum Gasteiger partial charge on any atom is 0.233 e. The highest BCUT2D eigenvalue weighted by atomic mass is 35.5. The second kappa shape index (κ2) is 7.80. The molecule has 0 amide bonds. The van der Waals surface area contributed by atoms with Crippen LogP contribution < -0.4 is 14.9 Å². The molecule has 0 aliphatic carbocycles. The Labute approximate surface area is 161 Å². The Morgan fingerprint density at radius 1 is 1.22 bits per heavy atom. The molecule has 3 aromatic rings. The van der Waals surface area contributed by atoms with Crippen LogP contribution in [0.25, 0.3) is 0 Å². The van der Waals surface area contributed by atoms with E-state index in [2.05, 4.69) is 30.2 Å². The summed E-state index contributed by atoms with van der Waals surface area (Å²) >= 11 is 6.24. The average molecular weight is 408 g/mol. The van der Waals surface area contributed by atoms with E-state index in [4.69, 9.17) is 11.6 Å². The first-order valence-corrected chi connectivity index (χ1v) is 10.3. The summed E-state index contributed by atoms with van der Waals surface area (Å²) in [5.41, 5.74) is 0.899. The van der Waals surface area contributed by atoms with Gasteiger partial charge in [0, 0.05) is 12.6 Å². The van der Waals surface area contributed by atoms with Crippen molar-refractivity contribution in [2.24, 2.45) is 0 Å². The van der Waals surface area contributed by atoms with Gasteiger partial charge in [0.15, 0.2) is 5.82 Å². The maximum atomic E-state index is 11.6. The van der Waals surface area contributed by atoms with Crippen LogP contribution in [-0.2, 0) is 10.0 Å². The molecule has 0 bridgehead atoms. The third kappa shape index (κ3) is 4.66. The molecule has 0 radical (unpaired) electrons. The van der Waals surface area contributed by atoms with E-state index in [0.717, 1.165) is 12.1 Å². The molecule has 11 heteroatoms. The Balaban J connectivity index is 1.95. The van der Waals surface area contributed by atoms with Crippen LogP contribution in [-0.4, -0.2) is 41.4 Å². The van der Waals surface area contributed by atoms with Crippen LogP contribution >= 0.6 is 11.6 Å². The predicted octanol–water partition coefficient (Wildman–Crippen LogP) is 3.13. The van der Waals surface area contributed by atoms with E-state index in [0.29, 0.717) is 34.7 Å². The van der Waals surface area contributed by atoms with Crippen LogP contribution in [0, 0.1) is 0 Å². The molecule has 2 heterocycles. The zero-order valence-electron chi connectivity index (χ0n) is 14.6. The van der Waals surface area contributed by atoms with E-state index >= 15 is 0 Å². The van der Waals surface area contributed by atoms with E-state index in [1.165, 1.54) is 6.20 Å². The molecule has 9 nitrogen and oxygen atoms in total. The fourth-order valence-electron chi connectivity index (χ4n) is 2.40. The lowest BCUT2D eigenvalue weighted by Gasteiger charge is -2.20. The number of sulfonamides is 1. The zero-order chi connectivity index (χ0) is 19.4. The lowest BCUT2D eigenvalue weighted by atomic mass is 10.2. The second-order valence-corrected chi connectivity index (χ2v) is 7.75. The number of hydrogen-bond donors (Lipinski definition) is 3. The van der Waals surface area contributed by atoms with Crippen molar-refractivity contribution in [1.82, 2.24) is 20.2 Å². The van der Waals surface area contributed by atoms with E-state index in [9.17, 15) is 8.42 Å². The maximum absolute atomic E-state index is 11.6. The first-order valence-electron chi connectivity index (χ1n) is 8.00. The van der Waals surface area contributed by atoms with Crippen molar-refractivity contribution in [2.45, 2.75) is 6.92 Å². The van der Waals surface area contributed by atoms with Gasteiger partial charge in [0.1, 0.15) is 10.8 Å². The SMILES string of the molecule is CCN(c1ncc(Cl)c(Nc2ccccc2NS(C)(=O)=O)n1)c1ccn[nH]1. The van der Waals surface area contributed by atoms with Crippen molar-refractivity contribution >= 4 is 50.6 Å². The summed E-state index contributed by atoms with van der Waals surface area (Å²) < 4.78 is 25.6. The molecule has 0 spiro atoms. The Kier molecular flexibility index (Phi) is 5.47. The first kappa shape index (κ1) is 18.9. The van der Waals surface area contributed by atoms with Crippen LogP contribution in [0.15, 0.2) is 42.7 Å². The van der Waals surface area contributed by atoms with Gasteiger partial charge < -0.3 is 5.32 Å². The van der Waals surface area contributed by atoms with E-state index in [1.54, 1.807) is 36.5 Å². The highest BCUT2D eigenvalue weighted by molar-refractivity contribution is 7.92. The molecule has 0 fully saturated rings. The lowest BCUT2D eigenvalue weighted by Crippen LogP contribution is -2.19. The molecule has 142 valence electrons. The van der Waals surface area contributed by atoms with Crippen LogP contribution in [0.3, 0.4) is 0 Å². The van der Waals surface area contributed by atoms with E-state index in [1.807, 2.05) is 11.8 Å². The number of halogens is 1. The van der Waals surface area contributed by atoms with Gasteiger partial charge in [0.05, 0.1) is 30.0 Å². The Morgan fingerprint density at radius 2 is 1.96 bits per heavy atom. The minimum Gasteiger partial charge on any atom is -0.337 e. The van der Waals surface area contributed by atoms with Crippen molar-refractivity contribution in [1.29, 1.82) is 0 Å². The van der Waals surface area contributed by atoms with Crippen molar-refractivity contribution in [3.8, 4) is 0 Å². The molecule has 0 atom stereocenters. The van der Waals surface area contributed by atoms with Gasteiger partial charge >= 0.3 is 0 Å². The zero-order valence-corrected chi connectivity index (χ0v) is 16.2. The number of benzene rings is 1. The van der Waals surface area contributed by atoms with Gasteiger partial charge in [-0.05, 0) is 19.1 Å². The number of rotatable bonds is 7. The molecule has 3 N–H and O–H groups in total. The lowest BCUT2D eigenvalue weighted by molar-refractivity contribution is 0.607. The highest BCUT2D eigenvalue weighted by Gasteiger charge is 2.15. The molecule has 0 saturated carbocycles. The van der Waals surface area contributed by atoms with E-state index in [-0.39, 0.29) is 0 Å². The van der Waals surface area contributed by atoms with Crippen LogP contribution in [0.4, 0.5) is 29.0 Å². The monoisotopic (exact) mass is 407 g/mol. The normalized spacial score (nSPS) is 11.2. The number of aromatic nitrogens is 4. The molecular formula is C16H18ClN7O2S. The number of nitrogens with zero attached hydrogens (tertiary/aromatic N) is 4. The summed E-state index contributed by atoms with van der Waals surface area (Å²) in [6.07, 6.45) is 4.21. The smallest absolute Gasteiger partial charge is 0.233 e. The summed E-state index contributed by atoms with van der Waals surface area (Å²) in [7, 11) is -3.43. The summed E-state index contributed by atoms with van der Waals surface area (Å²) in [4.78, 5) is 10.6. The van der Waals surface area contributed by atoms with Crippen molar-refractivity contribution < 1.29 is 8.42 Å². The molecule has 0 aliphatic heterocycles. The first-order chi connectivity index (χ1) is 12.9. The summed E-state index contributed by atoms with van der Waals surface area (Å²) in [6, 6.07) is 8.66. The fraction of sp³-hybridized carbons (Fsp3) is 0.188. The van der Waals surface area contributed by atoms with Gasteiger partial charge in [0.2, 0.25) is 16.0 Å². The number of anilines is 5. The van der Waals surface area contributed by atoms with Crippen LogP contribution in [0.5, 0.6) is 0 Å². The minimum atomic E-state index is -3.43. The molecule has 27 heavy (non-hydrogen) atoms. The molecule has 3 rings (SSSR count). The number of para-hydroxylation sites is 2. The van der Waals surface area contributed by atoms with Crippen molar-refractivity contribution in [3.63, 3.8) is 0 Å². The highest BCUT2D eigenvalue weighted by Crippen LogP contribution is 2.30. The summed E-state index contributed by atoms with van der Waals surface area (Å²) in [5, 5.41) is 10.2. The van der Waals surface area contributed by atoms with Crippen molar-refractivity contribution in [3.05, 3.63) is 47.7 Å². The van der Waals surface area contributed by atoms with Gasteiger partial charge in [-0.2, -0.15) is 10.1 Å². The molecule has 0 unspecified atom stereocenters. The number of H-pyrrole nitrogens is 1. The summed E-state index contributed by atoms with van der Waals surface area (Å²) in [5.74, 6) is 1.51. The molecule has 1 aromatic carbocycles. The van der Waals surface area contributed by atoms with Crippen molar-refractivity contribution in [2.75, 3.05) is 27.7 Å². The molecule has 0 aliphatic rings. The molecule has 0 saturated heterocycles. The van der Waals surface area contributed by atoms with Crippen LogP contribution in [0.1, 0.15) is 6.92 Å². The minimum absolute atomic E-state index is 0.300. The Bertz CT molecular complexity index is 1030. The second-order valence-electron chi connectivity index (χ2n) is 5.60. The number of nitrogens with one attached hydrogen (secondary N) is 3. The predicted molar refractivity (Wildman–Crippen MR) is 107 cm³/mol.